The summed E-state index contributed by atoms with van der Waals surface area (Å²) in [4.78, 5) is 0. The van der Waals surface area contributed by atoms with Crippen LogP contribution in [0, 0.1) is 12.3 Å². The highest BCUT2D eigenvalue weighted by Gasteiger charge is 2.08. The zero-order chi connectivity index (χ0) is 10.6. The molecule has 0 aliphatic carbocycles. The summed E-state index contributed by atoms with van der Waals surface area (Å²) in [5.74, 6) is 2.37. The van der Waals surface area contributed by atoms with Crippen molar-refractivity contribution in [2.45, 2.75) is 13.2 Å². The summed E-state index contributed by atoms with van der Waals surface area (Å²) in [6.45, 7) is -2.74. The first-order valence-electron chi connectivity index (χ1n) is 3.91. The van der Waals surface area contributed by atoms with Gasteiger partial charge in [0, 0.05) is 17.7 Å². The Morgan fingerprint density at radius 1 is 1.50 bits per heavy atom. The smallest absolute Gasteiger partial charge is 0.387 e. The molecule has 0 heterocycles. The van der Waals surface area contributed by atoms with E-state index in [9.17, 15) is 8.78 Å². The second-order valence-corrected chi connectivity index (χ2v) is 2.55. The molecule has 0 bridgehead atoms. The van der Waals surface area contributed by atoms with Crippen LogP contribution in [0.25, 0.3) is 0 Å². The summed E-state index contributed by atoms with van der Waals surface area (Å²) < 4.78 is 28.2. The average Bonchev–Trinajstić information content (AvgIpc) is 2.16. The van der Waals surface area contributed by atoms with E-state index >= 15 is 0 Å². The lowest BCUT2D eigenvalue weighted by atomic mass is 10.1. The monoisotopic (exact) mass is 197 g/mol. The number of ether oxygens (including phenoxy) is 1. The normalized spacial score (nSPS) is 9.93. The zero-order valence-corrected chi connectivity index (χ0v) is 7.34. The van der Waals surface area contributed by atoms with Crippen LogP contribution in [0.5, 0.6) is 5.75 Å². The molecule has 2 nitrogen and oxygen atoms in total. The van der Waals surface area contributed by atoms with Crippen molar-refractivity contribution in [3.8, 4) is 18.1 Å². The van der Waals surface area contributed by atoms with Gasteiger partial charge in [-0.3, -0.25) is 0 Å². The molecule has 0 atom stereocenters. The van der Waals surface area contributed by atoms with Crippen LogP contribution in [0.1, 0.15) is 11.1 Å². The molecule has 0 saturated heterocycles. The van der Waals surface area contributed by atoms with E-state index in [1.165, 1.54) is 6.07 Å². The Labute approximate surface area is 80.7 Å². The third kappa shape index (κ3) is 2.44. The van der Waals surface area contributed by atoms with Crippen LogP contribution in [-0.2, 0) is 6.54 Å². The van der Waals surface area contributed by atoms with Crippen LogP contribution in [0.15, 0.2) is 18.2 Å². The minimum absolute atomic E-state index is 0.0398. The molecule has 74 valence electrons. The number of hydrogen-bond acceptors (Lipinski definition) is 2. The van der Waals surface area contributed by atoms with Crippen molar-refractivity contribution in [3.63, 3.8) is 0 Å². The quantitative estimate of drug-likeness (QED) is 0.749. The van der Waals surface area contributed by atoms with Gasteiger partial charge in [0.05, 0.1) is 0 Å². The molecule has 0 fully saturated rings. The molecular formula is C10H9F2NO. The summed E-state index contributed by atoms with van der Waals surface area (Å²) in [6.07, 6.45) is 5.12. The molecule has 14 heavy (non-hydrogen) atoms. The Morgan fingerprint density at radius 2 is 2.21 bits per heavy atom. The Bertz CT molecular complexity index is 358. The third-order valence-corrected chi connectivity index (χ3v) is 1.67. The van der Waals surface area contributed by atoms with Gasteiger partial charge in [-0.1, -0.05) is 12.0 Å². The van der Waals surface area contributed by atoms with E-state index in [2.05, 4.69) is 10.7 Å². The van der Waals surface area contributed by atoms with Crippen molar-refractivity contribution in [2.75, 3.05) is 0 Å². The van der Waals surface area contributed by atoms with Gasteiger partial charge in [0.2, 0.25) is 0 Å². The number of benzene rings is 1. The van der Waals surface area contributed by atoms with Gasteiger partial charge >= 0.3 is 6.61 Å². The molecule has 1 aromatic rings. The highest BCUT2D eigenvalue weighted by molar-refractivity contribution is 5.43. The van der Waals surface area contributed by atoms with E-state index in [0.717, 1.165) is 0 Å². The van der Waals surface area contributed by atoms with Gasteiger partial charge in [0.15, 0.2) is 0 Å². The molecule has 0 radical (unpaired) electrons. The Hall–Kier alpha value is -1.60. The van der Waals surface area contributed by atoms with E-state index in [1.807, 2.05) is 0 Å². The minimum atomic E-state index is -2.87. The fourth-order valence-corrected chi connectivity index (χ4v) is 1.02. The molecule has 1 aromatic carbocycles. The van der Waals surface area contributed by atoms with E-state index in [4.69, 9.17) is 12.2 Å². The van der Waals surface area contributed by atoms with Crippen LogP contribution in [-0.4, -0.2) is 6.61 Å². The molecule has 0 unspecified atom stereocenters. The Balaban J connectivity index is 3.03. The van der Waals surface area contributed by atoms with E-state index in [-0.39, 0.29) is 12.3 Å². The van der Waals surface area contributed by atoms with Crippen LogP contribution in [0.4, 0.5) is 8.78 Å². The van der Waals surface area contributed by atoms with Crippen molar-refractivity contribution in [1.82, 2.24) is 0 Å². The topological polar surface area (TPSA) is 35.2 Å². The van der Waals surface area contributed by atoms with Gasteiger partial charge in [-0.2, -0.15) is 8.78 Å². The molecule has 0 aromatic heterocycles. The second kappa shape index (κ2) is 4.58. The molecular weight excluding hydrogens is 188 g/mol. The van der Waals surface area contributed by atoms with E-state index < -0.39 is 6.61 Å². The SMILES string of the molecule is C#Cc1ccc(CN)c(OC(F)F)c1. The Kier molecular flexibility index (Phi) is 3.43. The lowest BCUT2D eigenvalue weighted by Gasteiger charge is -2.09. The van der Waals surface area contributed by atoms with Crippen LogP contribution in [0.2, 0.25) is 0 Å². The maximum absolute atomic E-state index is 12.0. The first-order chi connectivity index (χ1) is 6.67. The molecule has 0 spiro atoms. The Morgan fingerprint density at radius 3 is 2.71 bits per heavy atom. The fourth-order valence-electron chi connectivity index (χ4n) is 1.02. The lowest BCUT2D eigenvalue weighted by Crippen LogP contribution is -2.07. The van der Waals surface area contributed by atoms with Gasteiger partial charge in [0.25, 0.3) is 0 Å². The first-order valence-corrected chi connectivity index (χ1v) is 3.91. The van der Waals surface area contributed by atoms with Gasteiger partial charge < -0.3 is 10.5 Å². The van der Waals surface area contributed by atoms with Crippen molar-refractivity contribution in [2.24, 2.45) is 5.73 Å². The van der Waals surface area contributed by atoms with E-state index in [1.54, 1.807) is 12.1 Å². The number of terminal acetylenes is 1. The molecule has 0 aliphatic rings. The summed E-state index contributed by atoms with van der Waals surface area (Å²) >= 11 is 0. The minimum Gasteiger partial charge on any atom is -0.434 e. The maximum Gasteiger partial charge on any atom is 0.387 e. The van der Waals surface area contributed by atoms with Gasteiger partial charge in [0.1, 0.15) is 5.75 Å². The second-order valence-electron chi connectivity index (χ2n) is 2.55. The highest BCUT2D eigenvalue weighted by atomic mass is 19.3. The number of halogens is 2. The number of rotatable bonds is 3. The van der Waals surface area contributed by atoms with Crippen molar-refractivity contribution in [3.05, 3.63) is 29.3 Å². The number of alkyl halides is 2. The van der Waals surface area contributed by atoms with Crippen LogP contribution < -0.4 is 10.5 Å². The molecule has 1 rings (SSSR count). The molecule has 0 amide bonds. The predicted molar refractivity (Wildman–Crippen MR) is 48.9 cm³/mol. The van der Waals surface area contributed by atoms with Crippen LogP contribution >= 0.6 is 0 Å². The summed E-state index contributed by atoms with van der Waals surface area (Å²) in [5.41, 5.74) is 6.33. The molecule has 0 saturated carbocycles. The van der Waals surface area contributed by atoms with Crippen LogP contribution in [0.3, 0.4) is 0 Å². The number of hydrogen-bond donors (Lipinski definition) is 1. The van der Waals surface area contributed by atoms with Gasteiger partial charge in [-0.05, 0) is 12.1 Å². The summed E-state index contributed by atoms with van der Waals surface area (Å²) in [6, 6.07) is 4.57. The largest absolute Gasteiger partial charge is 0.434 e. The summed E-state index contributed by atoms with van der Waals surface area (Å²) in [7, 11) is 0. The van der Waals surface area contributed by atoms with E-state index in [0.29, 0.717) is 11.1 Å². The number of nitrogens with two attached hydrogens (primary N) is 1. The van der Waals surface area contributed by atoms with Crippen molar-refractivity contribution in [1.29, 1.82) is 0 Å². The lowest BCUT2D eigenvalue weighted by molar-refractivity contribution is -0.0504. The molecule has 2 N–H and O–H groups in total. The van der Waals surface area contributed by atoms with Gasteiger partial charge in [-0.15, -0.1) is 6.42 Å². The highest BCUT2D eigenvalue weighted by Crippen LogP contribution is 2.21. The summed E-state index contributed by atoms with van der Waals surface area (Å²) in [5, 5.41) is 0. The standard InChI is InChI=1S/C10H9F2NO/c1-2-7-3-4-8(6-13)9(5-7)14-10(11)12/h1,3-5,10H,6,13H2. The van der Waals surface area contributed by atoms with Crippen molar-refractivity contribution < 1.29 is 13.5 Å². The fraction of sp³-hybridized carbons (Fsp3) is 0.200. The van der Waals surface area contributed by atoms with Gasteiger partial charge in [-0.25, -0.2) is 0 Å². The predicted octanol–water partition coefficient (Wildman–Crippen LogP) is 1.73. The molecule has 4 heteroatoms. The maximum atomic E-state index is 12.0. The first kappa shape index (κ1) is 10.5. The zero-order valence-electron chi connectivity index (χ0n) is 7.34. The van der Waals surface area contributed by atoms with Crippen molar-refractivity contribution >= 4 is 0 Å². The third-order valence-electron chi connectivity index (χ3n) is 1.67. The average molecular weight is 197 g/mol. The molecule has 0 aliphatic heterocycles.